The molecule has 0 radical (unpaired) electrons. The summed E-state index contributed by atoms with van der Waals surface area (Å²) in [5.74, 6) is -1.15. The second-order valence-corrected chi connectivity index (χ2v) is 13.0. The minimum atomic E-state index is -3.82. The van der Waals surface area contributed by atoms with E-state index in [1.807, 2.05) is 19.9 Å². The molecule has 9 heteroatoms. The van der Waals surface area contributed by atoms with Crippen molar-refractivity contribution in [1.82, 2.24) is 4.57 Å². The number of ketones is 1. The molecule has 1 heterocycles. The average molecular weight is 546 g/mol. The van der Waals surface area contributed by atoms with Crippen LogP contribution in [0.3, 0.4) is 0 Å². The first-order chi connectivity index (χ1) is 17.7. The molecule has 7 nitrogen and oxygen atoms in total. The number of carbonyl (C=O) groups is 1. The van der Waals surface area contributed by atoms with Crippen molar-refractivity contribution < 1.29 is 27.4 Å². The number of aryl methyl sites for hydroxylation is 2. The number of benzene rings is 2. The summed E-state index contributed by atoms with van der Waals surface area (Å²) in [6.07, 6.45) is 4.79. The number of Topliss-reactive ketones (excluding diaryl/α,β-unsaturated/α-hetero) is 1. The molecule has 0 fully saturated rings. The topological polar surface area (TPSA) is 103 Å². The number of nitrogens with zero attached hydrogens (tertiary/aromatic N) is 1. The van der Waals surface area contributed by atoms with Gasteiger partial charge in [-0.1, -0.05) is 18.2 Å². The predicted molar refractivity (Wildman–Crippen MR) is 148 cm³/mol. The number of halogens is 1. The zero-order valence-corrected chi connectivity index (χ0v) is 23.4. The molecule has 0 aliphatic rings. The molecule has 0 aliphatic carbocycles. The quantitative estimate of drug-likeness (QED) is 0.364. The van der Waals surface area contributed by atoms with Gasteiger partial charge < -0.3 is 14.4 Å². The van der Waals surface area contributed by atoms with Gasteiger partial charge in [-0.05, 0) is 87.2 Å². The molecule has 1 N–H and O–H groups in total. The molecular formula is C29H36FNO6S. The Hall–Kier alpha value is -2.88. The van der Waals surface area contributed by atoms with E-state index < -0.39 is 27.0 Å². The van der Waals surface area contributed by atoms with E-state index >= 15 is 4.39 Å². The third-order valence-corrected chi connectivity index (χ3v) is 9.57. The van der Waals surface area contributed by atoms with Gasteiger partial charge in [0.15, 0.2) is 15.6 Å². The van der Waals surface area contributed by atoms with Crippen molar-refractivity contribution in [3.8, 4) is 11.1 Å². The normalized spacial score (nSPS) is 14.0. The Morgan fingerprint density at radius 2 is 1.79 bits per heavy atom. The number of sulfone groups is 1. The summed E-state index contributed by atoms with van der Waals surface area (Å²) >= 11 is 0. The number of rotatable bonds is 12. The summed E-state index contributed by atoms with van der Waals surface area (Å²) in [5, 5.41) is 10.3. The molecule has 1 aromatic heterocycles. The highest BCUT2D eigenvalue weighted by Gasteiger charge is 2.42. The van der Waals surface area contributed by atoms with Crippen molar-refractivity contribution in [2.24, 2.45) is 0 Å². The summed E-state index contributed by atoms with van der Waals surface area (Å²) < 4.78 is 44.5. The Morgan fingerprint density at radius 3 is 2.39 bits per heavy atom. The van der Waals surface area contributed by atoms with Crippen LogP contribution in [0.2, 0.25) is 0 Å². The number of hydrogen-bond donors (Lipinski definition) is 1. The number of aliphatic hydroxyl groups excluding tert-OH is 1. The zero-order valence-electron chi connectivity index (χ0n) is 22.6. The van der Waals surface area contributed by atoms with Crippen LogP contribution in [0.5, 0.6) is 0 Å². The predicted octanol–water partition coefficient (Wildman–Crippen LogP) is 4.31. The Morgan fingerprint density at radius 1 is 1.08 bits per heavy atom. The van der Waals surface area contributed by atoms with E-state index in [1.54, 1.807) is 43.5 Å². The number of ether oxygens (including phenoxy) is 1. The molecule has 0 saturated carbocycles. The lowest BCUT2D eigenvalue weighted by Crippen LogP contribution is -2.46. The van der Waals surface area contributed by atoms with Crippen LogP contribution >= 0.6 is 0 Å². The zero-order chi connectivity index (χ0) is 28.3. The van der Waals surface area contributed by atoms with E-state index in [9.17, 15) is 23.1 Å². The molecule has 0 unspecified atom stereocenters. The molecule has 0 bridgehead atoms. The molecule has 0 spiro atoms. The maximum atomic E-state index is 15.0. The monoisotopic (exact) mass is 545 g/mol. The van der Waals surface area contributed by atoms with Crippen LogP contribution in [0.1, 0.15) is 45.6 Å². The third-order valence-electron chi connectivity index (χ3n) is 7.50. The van der Waals surface area contributed by atoms with Gasteiger partial charge in [0, 0.05) is 37.1 Å². The van der Waals surface area contributed by atoms with Crippen molar-refractivity contribution in [2.45, 2.75) is 63.3 Å². The van der Waals surface area contributed by atoms with Crippen LogP contribution < -0.4 is 5.56 Å². The first-order valence-corrected chi connectivity index (χ1v) is 14.4. The van der Waals surface area contributed by atoms with Crippen LogP contribution in [0.4, 0.5) is 4.39 Å². The Balaban J connectivity index is 1.82. The summed E-state index contributed by atoms with van der Waals surface area (Å²) in [7, 11) is -2.14. The van der Waals surface area contributed by atoms with E-state index in [1.165, 1.54) is 17.7 Å². The van der Waals surface area contributed by atoms with Gasteiger partial charge in [0.25, 0.3) is 5.56 Å². The standard InChI is InChI=1S/C29H36FNO6S/c1-28(2,37-4)13-6-7-20-8-10-23(25(30)17-20)21-9-11-24-22(18-21)12-15-31(27(24)34)16-14-29(3,26(33)19-32)38(5,35)36/h8-12,15,17-18,32H,6-7,13-14,16,19H2,1-5H3/t29-/m1/s1. The van der Waals surface area contributed by atoms with Gasteiger partial charge in [-0.3, -0.25) is 9.59 Å². The molecule has 0 amide bonds. The van der Waals surface area contributed by atoms with Gasteiger partial charge in [-0.2, -0.15) is 0 Å². The number of hydrogen-bond acceptors (Lipinski definition) is 6. The molecule has 38 heavy (non-hydrogen) atoms. The second-order valence-electron chi connectivity index (χ2n) is 10.6. The minimum Gasteiger partial charge on any atom is -0.389 e. The fourth-order valence-corrected chi connectivity index (χ4v) is 5.37. The number of aromatic nitrogens is 1. The van der Waals surface area contributed by atoms with Crippen molar-refractivity contribution in [3.05, 3.63) is 70.4 Å². The van der Waals surface area contributed by atoms with E-state index in [0.29, 0.717) is 21.9 Å². The van der Waals surface area contributed by atoms with Gasteiger partial charge >= 0.3 is 0 Å². The molecule has 0 saturated heterocycles. The lowest BCUT2D eigenvalue weighted by molar-refractivity contribution is -0.124. The highest BCUT2D eigenvalue weighted by atomic mass is 32.2. The van der Waals surface area contributed by atoms with Crippen LogP contribution in [0.25, 0.3) is 21.9 Å². The summed E-state index contributed by atoms with van der Waals surface area (Å²) in [4.78, 5) is 25.3. The molecule has 1 atom stereocenters. The van der Waals surface area contributed by atoms with E-state index in [2.05, 4.69) is 0 Å². The molecule has 3 aromatic rings. The van der Waals surface area contributed by atoms with E-state index in [4.69, 9.17) is 4.74 Å². The third kappa shape index (κ3) is 6.39. The largest absolute Gasteiger partial charge is 0.389 e. The molecule has 206 valence electrons. The fraction of sp³-hybridized carbons (Fsp3) is 0.448. The highest BCUT2D eigenvalue weighted by molar-refractivity contribution is 7.92. The maximum absolute atomic E-state index is 15.0. The van der Waals surface area contributed by atoms with E-state index in [-0.39, 0.29) is 29.9 Å². The summed E-state index contributed by atoms with van der Waals surface area (Å²) in [6, 6.07) is 12.0. The number of aliphatic hydroxyl groups is 1. The lowest BCUT2D eigenvalue weighted by Gasteiger charge is -2.25. The Labute approximate surface area is 223 Å². The van der Waals surface area contributed by atoms with Gasteiger partial charge in [0.1, 0.15) is 17.2 Å². The van der Waals surface area contributed by atoms with Crippen LogP contribution in [0, 0.1) is 5.82 Å². The lowest BCUT2D eigenvalue weighted by atomic mass is 9.96. The van der Waals surface area contributed by atoms with Gasteiger partial charge in [-0.15, -0.1) is 0 Å². The molecular weight excluding hydrogens is 509 g/mol. The van der Waals surface area contributed by atoms with Gasteiger partial charge in [-0.25, -0.2) is 12.8 Å². The first kappa shape index (κ1) is 29.7. The highest BCUT2D eigenvalue weighted by Crippen LogP contribution is 2.28. The van der Waals surface area contributed by atoms with Crippen molar-refractivity contribution >= 4 is 26.4 Å². The van der Waals surface area contributed by atoms with Crippen LogP contribution in [-0.2, 0) is 32.3 Å². The number of pyridine rings is 1. The van der Waals surface area contributed by atoms with Gasteiger partial charge in [0.2, 0.25) is 0 Å². The smallest absolute Gasteiger partial charge is 0.258 e. The number of fused-ring (bicyclic) bond motifs is 1. The van der Waals surface area contributed by atoms with Crippen LogP contribution in [-0.4, -0.2) is 54.2 Å². The average Bonchev–Trinajstić information content (AvgIpc) is 2.86. The van der Waals surface area contributed by atoms with Crippen LogP contribution in [0.15, 0.2) is 53.5 Å². The van der Waals surface area contributed by atoms with Gasteiger partial charge in [0.05, 0.1) is 5.60 Å². The van der Waals surface area contributed by atoms with Crippen molar-refractivity contribution in [3.63, 3.8) is 0 Å². The van der Waals surface area contributed by atoms with Crippen molar-refractivity contribution in [2.75, 3.05) is 20.0 Å². The summed E-state index contributed by atoms with van der Waals surface area (Å²) in [6.45, 7) is 4.39. The fourth-order valence-electron chi connectivity index (χ4n) is 4.43. The van der Waals surface area contributed by atoms with Crippen molar-refractivity contribution in [1.29, 1.82) is 0 Å². The van der Waals surface area contributed by atoms with E-state index in [0.717, 1.165) is 31.1 Å². The summed E-state index contributed by atoms with van der Waals surface area (Å²) in [5.41, 5.74) is 1.41. The minimum absolute atomic E-state index is 0.0243. The molecule has 3 rings (SSSR count). The number of carbonyl (C=O) groups excluding carboxylic acids is 1. The molecule has 0 aliphatic heterocycles. The Kier molecular flexibility index (Phi) is 8.96. The Bertz CT molecular complexity index is 1490. The second kappa shape index (κ2) is 11.5. The molecule has 2 aromatic carbocycles. The SMILES string of the molecule is COC(C)(C)CCCc1ccc(-c2ccc3c(=O)n(CC[C@](C)(C(=O)CO)S(C)(=O)=O)ccc3c2)c(F)c1. The maximum Gasteiger partial charge on any atom is 0.258 e. The first-order valence-electron chi connectivity index (χ1n) is 12.5. The number of methoxy groups -OCH3 is 1.